The largest absolute Gasteiger partial charge is 0.324 e. The van der Waals surface area contributed by atoms with Crippen molar-refractivity contribution in [3.8, 4) is 0 Å². The molecular formula is C13H17N. The Morgan fingerprint density at radius 2 is 2.14 bits per heavy atom. The summed E-state index contributed by atoms with van der Waals surface area (Å²) in [5.74, 6) is 0.878. The third-order valence-electron chi connectivity index (χ3n) is 2.90. The van der Waals surface area contributed by atoms with Crippen LogP contribution in [0.1, 0.15) is 36.4 Å². The lowest BCUT2D eigenvalue weighted by Crippen LogP contribution is -2.12. The predicted octanol–water partition coefficient (Wildman–Crippen LogP) is 3.13. The summed E-state index contributed by atoms with van der Waals surface area (Å²) >= 11 is 0. The van der Waals surface area contributed by atoms with Crippen molar-refractivity contribution in [1.29, 1.82) is 0 Å². The Labute approximate surface area is 85.6 Å². The van der Waals surface area contributed by atoms with Gasteiger partial charge in [0.15, 0.2) is 0 Å². The molecule has 1 aromatic carbocycles. The van der Waals surface area contributed by atoms with Crippen LogP contribution in [0.15, 0.2) is 30.8 Å². The number of rotatable bonds is 4. The van der Waals surface area contributed by atoms with E-state index in [2.05, 4.69) is 24.8 Å². The fourth-order valence-electron chi connectivity index (χ4n) is 1.87. The van der Waals surface area contributed by atoms with Crippen molar-refractivity contribution >= 4 is 6.08 Å². The number of hydrogen-bond donors (Lipinski definition) is 1. The Balaban J connectivity index is 2.15. The summed E-state index contributed by atoms with van der Waals surface area (Å²) in [5, 5.41) is 0. The summed E-state index contributed by atoms with van der Waals surface area (Å²) in [6.07, 6.45) is 5.75. The molecule has 0 aliphatic heterocycles. The Kier molecular flexibility index (Phi) is 2.69. The average Bonchev–Trinajstić information content (AvgIpc) is 3.01. The highest BCUT2D eigenvalue weighted by Gasteiger charge is 2.24. The molecule has 0 heterocycles. The van der Waals surface area contributed by atoms with Crippen LogP contribution in [0.2, 0.25) is 0 Å². The monoisotopic (exact) mass is 187 g/mol. The maximum absolute atomic E-state index is 6.16. The van der Waals surface area contributed by atoms with Gasteiger partial charge in [-0.15, -0.1) is 0 Å². The number of hydrogen-bond acceptors (Lipinski definition) is 1. The van der Waals surface area contributed by atoms with Crippen LogP contribution in [-0.2, 0) is 0 Å². The maximum Gasteiger partial charge on any atom is 0.0303 e. The summed E-state index contributed by atoms with van der Waals surface area (Å²) in [7, 11) is 0. The van der Waals surface area contributed by atoms with Crippen LogP contribution in [-0.4, -0.2) is 0 Å². The Morgan fingerprint density at radius 3 is 2.79 bits per heavy atom. The van der Waals surface area contributed by atoms with Gasteiger partial charge in [-0.25, -0.2) is 0 Å². The highest BCUT2D eigenvalue weighted by atomic mass is 14.6. The third-order valence-corrected chi connectivity index (χ3v) is 2.90. The molecule has 0 unspecified atom stereocenters. The molecule has 0 aromatic heterocycles. The lowest BCUT2D eigenvalue weighted by molar-refractivity contribution is 0.596. The van der Waals surface area contributed by atoms with Crippen molar-refractivity contribution in [3.63, 3.8) is 0 Å². The minimum atomic E-state index is 0.191. The molecule has 1 aromatic rings. The average molecular weight is 187 g/mol. The quantitative estimate of drug-likeness (QED) is 0.770. The normalized spacial score (nSPS) is 17.8. The van der Waals surface area contributed by atoms with Gasteiger partial charge in [0.1, 0.15) is 0 Å². The van der Waals surface area contributed by atoms with Crippen LogP contribution < -0.4 is 5.73 Å². The van der Waals surface area contributed by atoms with Gasteiger partial charge in [0, 0.05) is 6.04 Å². The smallest absolute Gasteiger partial charge is 0.0303 e. The zero-order valence-corrected chi connectivity index (χ0v) is 8.45. The molecule has 0 bridgehead atoms. The molecule has 1 atom stereocenters. The minimum Gasteiger partial charge on any atom is -0.324 e. The topological polar surface area (TPSA) is 26.0 Å². The molecule has 1 aliphatic carbocycles. The van der Waals surface area contributed by atoms with Gasteiger partial charge in [-0.1, -0.05) is 49.8 Å². The highest BCUT2D eigenvalue weighted by molar-refractivity contribution is 5.52. The fourth-order valence-corrected chi connectivity index (χ4v) is 1.87. The lowest BCUT2D eigenvalue weighted by Gasteiger charge is -2.14. The second-order valence-electron chi connectivity index (χ2n) is 4.12. The van der Waals surface area contributed by atoms with Gasteiger partial charge in [0.25, 0.3) is 0 Å². The molecule has 0 saturated heterocycles. The summed E-state index contributed by atoms with van der Waals surface area (Å²) < 4.78 is 0. The summed E-state index contributed by atoms with van der Waals surface area (Å²) in [6, 6.07) is 8.47. The Hall–Kier alpha value is -1.08. The first-order valence-corrected chi connectivity index (χ1v) is 5.28. The fraction of sp³-hybridized carbons (Fsp3) is 0.385. The van der Waals surface area contributed by atoms with Crippen LogP contribution in [0, 0.1) is 5.92 Å². The first kappa shape index (κ1) is 9.47. The molecule has 14 heavy (non-hydrogen) atoms. The molecular weight excluding hydrogens is 170 g/mol. The van der Waals surface area contributed by atoms with Gasteiger partial charge in [0.05, 0.1) is 0 Å². The van der Waals surface area contributed by atoms with Crippen molar-refractivity contribution in [1.82, 2.24) is 0 Å². The van der Waals surface area contributed by atoms with E-state index in [0.29, 0.717) is 0 Å². The van der Waals surface area contributed by atoms with E-state index >= 15 is 0 Å². The van der Waals surface area contributed by atoms with Gasteiger partial charge < -0.3 is 5.73 Å². The zero-order chi connectivity index (χ0) is 9.97. The van der Waals surface area contributed by atoms with Gasteiger partial charge in [0.2, 0.25) is 0 Å². The molecule has 2 N–H and O–H groups in total. The van der Waals surface area contributed by atoms with E-state index in [0.717, 1.165) is 12.3 Å². The molecule has 2 rings (SSSR count). The van der Waals surface area contributed by atoms with Crippen molar-refractivity contribution in [3.05, 3.63) is 42.0 Å². The van der Waals surface area contributed by atoms with Crippen molar-refractivity contribution in [2.75, 3.05) is 0 Å². The second kappa shape index (κ2) is 3.97. The lowest BCUT2D eigenvalue weighted by atomic mass is 9.97. The predicted molar refractivity (Wildman–Crippen MR) is 60.8 cm³/mol. The van der Waals surface area contributed by atoms with Gasteiger partial charge in [-0.3, -0.25) is 0 Å². The number of benzene rings is 1. The second-order valence-corrected chi connectivity index (χ2v) is 4.12. The van der Waals surface area contributed by atoms with Crippen LogP contribution >= 0.6 is 0 Å². The SMILES string of the molecule is C=Cc1ccccc1[C@@H](N)CC1CC1. The van der Waals surface area contributed by atoms with E-state index in [1.165, 1.54) is 24.0 Å². The molecule has 1 fully saturated rings. The third kappa shape index (κ3) is 2.05. The van der Waals surface area contributed by atoms with E-state index in [9.17, 15) is 0 Å². The van der Waals surface area contributed by atoms with E-state index in [-0.39, 0.29) is 6.04 Å². The Morgan fingerprint density at radius 1 is 1.43 bits per heavy atom. The molecule has 1 nitrogen and oxygen atoms in total. The highest BCUT2D eigenvalue weighted by Crippen LogP contribution is 2.37. The first-order chi connectivity index (χ1) is 6.81. The van der Waals surface area contributed by atoms with Crippen LogP contribution in [0.5, 0.6) is 0 Å². The number of nitrogens with two attached hydrogens (primary N) is 1. The molecule has 1 aliphatic rings. The molecule has 1 heteroatoms. The van der Waals surface area contributed by atoms with Crippen LogP contribution in [0.25, 0.3) is 6.08 Å². The van der Waals surface area contributed by atoms with Crippen molar-refractivity contribution < 1.29 is 0 Å². The Bertz CT molecular complexity index is 326. The van der Waals surface area contributed by atoms with E-state index in [1.54, 1.807) is 0 Å². The van der Waals surface area contributed by atoms with E-state index in [4.69, 9.17) is 5.73 Å². The molecule has 0 spiro atoms. The van der Waals surface area contributed by atoms with E-state index < -0.39 is 0 Å². The van der Waals surface area contributed by atoms with E-state index in [1.807, 2.05) is 12.1 Å². The maximum atomic E-state index is 6.16. The van der Waals surface area contributed by atoms with Gasteiger partial charge in [-0.2, -0.15) is 0 Å². The summed E-state index contributed by atoms with van der Waals surface area (Å²) in [5.41, 5.74) is 8.59. The van der Waals surface area contributed by atoms with Crippen molar-refractivity contribution in [2.45, 2.75) is 25.3 Å². The standard InChI is InChI=1S/C13H17N/c1-2-11-5-3-4-6-12(11)13(14)9-10-7-8-10/h2-6,10,13H,1,7-9,14H2/t13-/m0/s1. The van der Waals surface area contributed by atoms with Gasteiger partial charge >= 0.3 is 0 Å². The zero-order valence-electron chi connectivity index (χ0n) is 8.45. The molecule has 74 valence electrons. The van der Waals surface area contributed by atoms with Crippen molar-refractivity contribution in [2.24, 2.45) is 11.7 Å². The summed E-state index contributed by atoms with van der Waals surface area (Å²) in [6.45, 7) is 3.81. The van der Waals surface area contributed by atoms with Crippen LogP contribution in [0.4, 0.5) is 0 Å². The van der Waals surface area contributed by atoms with Crippen LogP contribution in [0.3, 0.4) is 0 Å². The summed E-state index contributed by atoms with van der Waals surface area (Å²) in [4.78, 5) is 0. The van der Waals surface area contributed by atoms with Gasteiger partial charge in [-0.05, 0) is 23.5 Å². The first-order valence-electron chi connectivity index (χ1n) is 5.28. The molecule has 0 radical (unpaired) electrons. The molecule has 0 amide bonds. The molecule has 1 saturated carbocycles. The minimum absolute atomic E-state index is 0.191.